The summed E-state index contributed by atoms with van der Waals surface area (Å²) >= 11 is 0. The molecule has 0 spiro atoms. The molecule has 0 radical (unpaired) electrons. The molecule has 1 aliphatic carbocycles. The molecule has 54 valence electrons. The Morgan fingerprint density at radius 1 is 1.22 bits per heavy atom. The van der Waals surface area contributed by atoms with Crippen LogP contribution in [-0.4, -0.2) is 6.17 Å². The van der Waals surface area contributed by atoms with Crippen molar-refractivity contribution in [2.24, 2.45) is 11.8 Å². The van der Waals surface area contributed by atoms with Crippen molar-refractivity contribution >= 4 is 0 Å². The van der Waals surface area contributed by atoms with Gasteiger partial charge in [-0.15, -0.1) is 0 Å². The Hall–Kier alpha value is -0.0700. The number of hydrogen-bond donors (Lipinski definition) is 0. The maximum atomic E-state index is 12.8. The summed E-state index contributed by atoms with van der Waals surface area (Å²) in [4.78, 5) is 0. The van der Waals surface area contributed by atoms with E-state index >= 15 is 0 Å². The topological polar surface area (TPSA) is 0 Å². The molecule has 0 aromatic carbocycles. The first-order valence-electron chi connectivity index (χ1n) is 3.84. The average molecular weight is 130 g/mol. The molecule has 0 nitrogen and oxygen atoms in total. The molecule has 9 heavy (non-hydrogen) atoms. The van der Waals surface area contributed by atoms with Gasteiger partial charge in [0.25, 0.3) is 0 Å². The van der Waals surface area contributed by atoms with E-state index in [1.54, 1.807) is 0 Å². The molecular formula is C8H15F. The maximum Gasteiger partial charge on any atom is 0.103 e. The second kappa shape index (κ2) is 2.68. The van der Waals surface area contributed by atoms with E-state index in [1.165, 1.54) is 0 Å². The monoisotopic (exact) mass is 130 g/mol. The zero-order valence-electron chi connectivity index (χ0n) is 6.23. The fourth-order valence-corrected chi connectivity index (χ4v) is 1.63. The predicted molar refractivity (Wildman–Crippen MR) is 37.1 cm³/mol. The van der Waals surface area contributed by atoms with Gasteiger partial charge in [0.1, 0.15) is 6.17 Å². The lowest BCUT2D eigenvalue weighted by Gasteiger charge is -2.26. The first-order valence-corrected chi connectivity index (χ1v) is 3.84. The summed E-state index contributed by atoms with van der Waals surface area (Å²) in [6.45, 7) is 4.22. The molecule has 0 aromatic rings. The molecule has 3 unspecified atom stereocenters. The maximum absolute atomic E-state index is 12.8. The van der Waals surface area contributed by atoms with Crippen molar-refractivity contribution in [2.75, 3.05) is 0 Å². The first kappa shape index (κ1) is 7.04. The van der Waals surface area contributed by atoms with Gasteiger partial charge in [-0.3, -0.25) is 0 Å². The van der Waals surface area contributed by atoms with Crippen molar-refractivity contribution in [3.8, 4) is 0 Å². The van der Waals surface area contributed by atoms with Crippen LogP contribution >= 0.6 is 0 Å². The number of hydrogen-bond acceptors (Lipinski definition) is 0. The minimum Gasteiger partial charge on any atom is -0.247 e. The molecule has 0 aliphatic heterocycles. The molecule has 0 saturated heterocycles. The van der Waals surface area contributed by atoms with Crippen LogP contribution in [0, 0.1) is 11.8 Å². The fourth-order valence-electron chi connectivity index (χ4n) is 1.63. The van der Waals surface area contributed by atoms with Crippen molar-refractivity contribution in [2.45, 2.75) is 39.3 Å². The van der Waals surface area contributed by atoms with Gasteiger partial charge in [0.05, 0.1) is 0 Å². The van der Waals surface area contributed by atoms with Gasteiger partial charge in [-0.05, 0) is 31.1 Å². The normalized spacial score (nSPS) is 45.0. The van der Waals surface area contributed by atoms with Crippen LogP contribution in [0.1, 0.15) is 33.1 Å². The van der Waals surface area contributed by atoms with Gasteiger partial charge in [-0.2, -0.15) is 0 Å². The standard InChI is InChI=1S/C8H15F/c1-6-3-4-8(9)7(2)5-6/h6-8H,3-5H2,1-2H3. The van der Waals surface area contributed by atoms with Crippen molar-refractivity contribution in [1.29, 1.82) is 0 Å². The van der Waals surface area contributed by atoms with Crippen molar-refractivity contribution in [3.05, 3.63) is 0 Å². The van der Waals surface area contributed by atoms with Crippen LogP contribution in [0.4, 0.5) is 4.39 Å². The SMILES string of the molecule is CC1CCC(F)C(C)C1. The van der Waals surface area contributed by atoms with Gasteiger partial charge in [-0.1, -0.05) is 13.8 Å². The Morgan fingerprint density at radius 2 is 1.89 bits per heavy atom. The highest BCUT2D eigenvalue weighted by Crippen LogP contribution is 2.30. The van der Waals surface area contributed by atoms with Crippen LogP contribution in [0.2, 0.25) is 0 Å². The van der Waals surface area contributed by atoms with Gasteiger partial charge in [0.2, 0.25) is 0 Å². The molecule has 3 atom stereocenters. The molecule has 0 heterocycles. The quantitative estimate of drug-likeness (QED) is 0.473. The van der Waals surface area contributed by atoms with Crippen molar-refractivity contribution in [3.63, 3.8) is 0 Å². The first-order chi connectivity index (χ1) is 4.20. The molecule has 1 fully saturated rings. The van der Waals surface area contributed by atoms with E-state index in [-0.39, 0.29) is 0 Å². The Morgan fingerprint density at radius 3 is 2.33 bits per heavy atom. The minimum absolute atomic E-state index is 0.314. The van der Waals surface area contributed by atoms with Crippen molar-refractivity contribution in [1.82, 2.24) is 0 Å². The van der Waals surface area contributed by atoms with Gasteiger partial charge in [0.15, 0.2) is 0 Å². The summed E-state index contributed by atoms with van der Waals surface area (Å²) in [6.07, 6.45) is 2.45. The minimum atomic E-state index is -0.513. The van der Waals surface area contributed by atoms with E-state index in [4.69, 9.17) is 0 Å². The van der Waals surface area contributed by atoms with E-state index in [9.17, 15) is 4.39 Å². The van der Waals surface area contributed by atoms with E-state index in [0.717, 1.165) is 25.2 Å². The number of rotatable bonds is 0. The van der Waals surface area contributed by atoms with Crippen LogP contribution in [0.25, 0.3) is 0 Å². The molecule has 0 amide bonds. The van der Waals surface area contributed by atoms with E-state index in [0.29, 0.717) is 5.92 Å². The second-order valence-electron chi connectivity index (χ2n) is 3.41. The van der Waals surface area contributed by atoms with E-state index < -0.39 is 6.17 Å². The summed E-state index contributed by atoms with van der Waals surface area (Å²) in [6, 6.07) is 0. The molecule has 0 N–H and O–H groups in total. The highest BCUT2D eigenvalue weighted by molar-refractivity contribution is 4.74. The van der Waals surface area contributed by atoms with Crippen LogP contribution < -0.4 is 0 Å². The average Bonchev–Trinajstić information content (AvgIpc) is 1.80. The number of halogens is 1. The van der Waals surface area contributed by atoms with Crippen LogP contribution in [0.5, 0.6) is 0 Å². The van der Waals surface area contributed by atoms with Crippen LogP contribution in [0.3, 0.4) is 0 Å². The molecular weight excluding hydrogens is 115 g/mol. The highest BCUT2D eigenvalue weighted by atomic mass is 19.1. The summed E-state index contributed by atoms with van der Waals surface area (Å²) < 4.78 is 12.8. The van der Waals surface area contributed by atoms with Crippen LogP contribution in [-0.2, 0) is 0 Å². The lowest BCUT2D eigenvalue weighted by atomic mass is 9.82. The van der Waals surface area contributed by atoms with Gasteiger partial charge >= 0.3 is 0 Å². The molecule has 0 aromatic heterocycles. The third-order valence-corrected chi connectivity index (χ3v) is 2.33. The Balaban J connectivity index is 2.35. The van der Waals surface area contributed by atoms with Gasteiger partial charge < -0.3 is 0 Å². The highest BCUT2D eigenvalue weighted by Gasteiger charge is 2.24. The third-order valence-electron chi connectivity index (χ3n) is 2.33. The lowest BCUT2D eigenvalue weighted by Crippen LogP contribution is -2.22. The fraction of sp³-hybridized carbons (Fsp3) is 1.00. The number of alkyl halides is 1. The third kappa shape index (κ3) is 1.67. The van der Waals surface area contributed by atoms with Crippen molar-refractivity contribution < 1.29 is 4.39 Å². The van der Waals surface area contributed by atoms with Gasteiger partial charge in [0, 0.05) is 0 Å². The predicted octanol–water partition coefficient (Wildman–Crippen LogP) is 2.78. The second-order valence-corrected chi connectivity index (χ2v) is 3.41. The zero-order chi connectivity index (χ0) is 6.85. The van der Waals surface area contributed by atoms with Crippen LogP contribution in [0.15, 0.2) is 0 Å². The summed E-state index contributed by atoms with van der Waals surface area (Å²) in [5, 5.41) is 0. The summed E-state index contributed by atoms with van der Waals surface area (Å²) in [5.41, 5.74) is 0. The Labute approximate surface area is 56.5 Å². The van der Waals surface area contributed by atoms with Gasteiger partial charge in [-0.25, -0.2) is 4.39 Å². The molecule has 0 bridgehead atoms. The Bertz CT molecular complexity index is 90.6. The zero-order valence-corrected chi connectivity index (χ0v) is 6.23. The smallest absolute Gasteiger partial charge is 0.103 e. The largest absolute Gasteiger partial charge is 0.247 e. The molecule has 1 aliphatic rings. The molecule has 1 rings (SSSR count). The Kier molecular flexibility index (Phi) is 2.09. The summed E-state index contributed by atoms with van der Waals surface area (Å²) in [7, 11) is 0. The van der Waals surface area contributed by atoms with E-state index in [1.807, 2.05) is 6.92 Å². The lowest BCUT2D eigenvalue weighted by molar-refractivity contribution is 0.147. The summed E-state index contributed by atoms with van der Waals surface area (Å²) in [5.74, 6) is 1.07. The molecule has 1 heteroatoms. The van der Waals surface area contributed by atoms with E-state index in [2.05, 4.69) is 6.92 Å². The molecule has 1 saturated carbocycles.